The molecule has 0 bridgehead atoms. The van der Waals surface area contributed by atoms with Gasteiger partial charge in [-0.15, -0.1) is 0 Å². The van der Waals surface area contributed by atoms with Gasteiger partial charge in [-0.1, -0.05) is 36.4 Å². The molecule has 1 unspecified atom stereocenters. The van der Waals surface area contributed by atoms with Crippen molar-refractivity contribution in [1.82, 2.24) is 4.31 Å². The van der Waals surface area contributed by atoms with Crippen molar-refractivity contribution < 1.29 is 36.2 Å². The van der Waals surface area contributed by atoms with Gasteiger partial charge in [0.1, 0.15) is 11.5 Å². The predicted octanol–water partition coefficient (Wildman–Crippen LogP) is 4.69. The first-order chi connectivity index (χ1) is 16.0. The van der Waals surface area contributed by atoms with Gasteiger partial charge < -0.3 is 14.6 Å². The van der Waals surface area contributed by atoms with Crippen LogP contribution < -0.4 is 9.47 Å². The van der Waals surface area contributed by atoms with Crippen LogP contribution in [0.15, 0.2) is 77.7 Å². The van der Waals surface area contributed by atoms with Crippen LogP contribution >= 0.6 is 0 Å². The van der Waals surface area contributed by atoms with E-state index < -0.39 is 27.9 Å². The molecule has 0 amide bonds. The Bertz CT molecular complexity index is 1150. The number of aliphatic hydroxyl groups is 1. The standard InChI is InChI=1S/C24H24F3NO5S/c1-32-20-10-6-17(7-11-20)15-28(16-18-8-12-21(33-2)13-9-18)34(30,31)22-5-3-4-19(14-22)23(29)24(25,26)27/h3-14,23,29H,15-16H2,1-2H3. The third kappa shape index (κ3) is 6.07. The molecule has 0 heterocycles. The van der Waals surface area contributed by atoms with Crippen molar-refractivity contribution in [1.29, 1.82) is 0 Å². The Kier molecular flexibility index (Phi) is 7.86. The Balaban J connectivity index is 1.99. The summed E-state index contributed by atoms with van der Waals surface area (Å²) in [7, 11) is -1.21. The SMILES string of the molecule is COc1ccc(CN(Cc2ccc(OC)cc2)S(=O)(=O)c2cccc(C(O)C(F)(F)F)c2)cc1. The minimum Gasteiger partial charge on any atom is -0.497 e. The minimum atomic E-state index is -4.92. The van der Waals surface area contributed by atoms with Crippen LogP contribution in [0.1, 0.15) is 22.8 Å². The molecule has 3 rings (SSSR count). The largest absolute Gasteiger partial charge is 0.497 e. The molecule has 34 heavy (non-hydrogen) atoms. The van der Waals surface area contributed by atoms with Crippen LogP contribution in [0.5, 0.6) is 11.5 Å². The number of methoxy groups -OCH3 is 2. The lowest BCUT2D eigenvalue weighted by Crippen LogP contribution is -2.30. The highest BCUT2D eigenvalue weighted by Crippen LogP contribution is 2.34. The van der Waals surface area contributed by atoms with E-state index in [1.54, 1.807) is 48.5 Å². The van der Waals surface area contributed by atoms with Crippen LogP contribution in [-0.2, 0) is 23.1 Å². The molecule has 0 saturated carbocycles. The van der Waals surface area contributed by atoms with Gasteiger partial charge in [-0.25, -0.2) is 8.42 Å². The summed E-state index contributed by atoms with van der Waals surface area (Å²) in [6.45, 7) is -0.0746. The van der Waals surface area contributed by atoms with Crippen LogP contribution in [0.4, 0.5) is 13.2 Å². The molecule has 0 spiro atoms. The van der Waals surface area contributed by atoms with Crippen molar-refractivity contribution in [3.05, 3.63) is 89.5 Å². The van der Waals surface area contributed by atoms with Crippen LogP contribution in [0.25, 0.3) is 0 Å². The molecule has 0 aliphatic heterocycles. The number of hydrogen-bond donors (Lipinski definition) is 1. The summed E-state index contributed by atoms with van der Waals surface area (Å²) in [5.41, 5.74) is 0.760. The van der Waals surface area contributed by atoms with Gasteiger partial charge in [0, 0.05) is 13.1 Å². The summed E-state index contributed by atoms with van der Waals surface area (Å²) in [6, 6.07) is 17.9. The number of hydrogen-bond acceptors (Lipinski definition) is 5. The third-order valence-electron chi connectivity index (χ3n) is 5.16. The van der Waals surface area contributed by atoms with Gasteiger partial charge in [0.2, 0.25) is 10.0 Å². The van der Waals surface area contributed by atoms with Crippen LogP contribution in [0.2, 0.25) is 0 Å². The van der Waals surface area contributed by atoms with Gasteiger partial charge in [-0.2, -0.15) is 17.5 Å². The van der Waals surface area contributed by atoms with Gasteiger partial charge in [-0.3, -0.25) is 0 Å². The maximum atomic E-state index is 13.5. The molecular formula is C24H24F3NO5S. The Morgan fingerprint density at radius 2 is 1.32 bits per heavy atom. The summed E-state index contributed by atoms with van der Waals surface area (Å²) in [5.74, 6) is 1.20. The molecule has 10 heteroatoms. The molecular weight excluding hydrogens is 471 g/mol. The minimum absolute atomic E-state index is 0.0373. The average Bonchev–Trinajstić information content (AvgIpc) is 2.83. The van der Waals surface area contributed by atoms with Crippen LogP contribution in [-0.4, -0.2) is 38.2 Å². The molecule has 1 atom stereocenters. The summed E-state index contributed by atoms with van der Waals surface area (Å²) in [5, 5.41) is 9.60. The predicted molar refractivity (Wildman–Crippen MR) is 120 cm³/mol. The number of aliphatic hydroxyl groups excluding tert-OH is 1. The first-order valence-corrected chi connectivity index (χ1v) is 11.6. The van der Waals surface area contributed by atoms with Crippen molar-refractivity contribution in [3.8, 4) is 11.5 Å². The summed E-state index contributed by atoms with van der Waals surface area (Å²) in [4.78, 5) is -0.352. The van der Waals surface area contributed by atoms with Crippen molar-refractivity contribution >= 4 is 10.0 Å². The van der Waals surface area contributed by atoms with Gasteiger partial charge in [0.25, 0.3) is 0 Å². The Morgan fingerprint density at radius 3 is 1.74 bits per heavy atom. The quantitative estimate of drug-likeness (QED) is 0.466. The lowest BCUT2D eigenvalue weighted by Gasteiger charge is -2.24. The number of ether oxygens (including phenoxy) is 2. The highest BCUT2D eigenvalue weighted by molar-refractivity contribution is 7.89. The fourth-order valence-electron chi connectivity index (χ4n) is 3.28. The number of alkyl halides is 3. The van der Waals surface area contributed by atoms with Crippen molar-refractivity contribution in [2.75, 3.05) is 14.2 Å². The molecule has 3 aromatic carbocycles. The van der Waals surface area contributed by atoms with E-state index >= 15 is 0 Å². The summed E-state index contributed by atoms with van der Waals surface area (Å²) >= 11 is 0. The molecule has 3 aromatic rings. The van der Waals surface area contributed by atoms with E-state index in [1.807, 2.05) is 0 Å². The van der Waals surface area contributed by atoms with E-state index in [1.165, 1.54) is 26.4 Å². The van der Waals surface area contributed by atoms with E-state index in [0.717, 1.165) is 16.4 Å². The molecule has 0 aliphatic carbocycles. The molecule has 0 fully saturated rings. The topological polar surface area (TPSA) is 76.1 Å². The van der Waals surface area contributed by atoms with E-state index in [-0.39, 0.29) is 18.0 Å². The molecule has 0 aliphatic rings. The number of halogens is 3. The first-order valence-electron chi connectivity index (χ1n) is 10.2. The molecule has 182 valence electrons. The number of nitrogens with zero attached hydrogens (tertiary/aromatic N) is 1. The van der Waals surface area contributed by atoms with Crippen molar-refractivity contribution in [2.45, 2.75) is 30.3 Å². The van der Waals surface area contributed by atoms with E-state index in [2.05, 4.69) is 0 Å². The highest BCUT2D eigenvalue weighted by atomic mass is 32.2. The van der Waals surface area contributed by atoms with Crippen LogP contribution in [0.3, 0.4) is 0 Å². The Labute approximate surface area is 196 Å². The zero-order valence-electron chi connectivity index (χ0n) is 18.5. The average molecular weight is 496 g/mol. The third-order valence-corrected chi connectivity index (χ3v) is 6.95. The maximum Gasteiger partial charge on any atom is 0.418 e. The van der Waals surface area contributed by atoms with Gasteiger partial charge in [0.05, 0.1) is 19.1 Å². The van der Waals surface area contributed by atoms with Gasteiger partial charge in [-0.05, 0) is 53.1 Å². The second-order valence-electron chi connectivity index (χ2n) is 7.49. The Morgan fingerprint density at radius 1 is 0.853 bits per heavy atom. The zero-order valence-corrected chi connectivity index (χ0v) is 19.3. The molecule has 6 nitrogen and oxygen atoms in total. The molecule has 0 radical (unpaired) electrons. The van der Waals surface area contributed by atoms with E-state index in [0.29, 0.717) is 22.6 Å². The van der Waals surface area contributed by atoms with E-state index in [4.69, 9.17) is 9.47 Å². The van der Waals surface area contributed by atoms with Gasteiger partial charge >= 0.3 is 6.18 Å². The highest BCUT2D eigenvalue weighted by Gasteiger charge is 2.40. The van der Waals surface area contributed by atoms with Crippen molar-refractivity contribution in [2.24, 2.45) is 0 Å². The van der Waals surface area contributed by atoms with Crippen molar-refractivity contribution in [3.63, 3.8) is 0 Å². The maximum absolute atomic E-state index is 13.5. The summed E-state index contributed by atoms with van der Waals surface area (Å²) in [6.07, 6.45) is -7.71. The fraction of sp³-hybridized carbons (Fsp3) is 0.250. The smallest absolute Gasteiger partial charge is 0.418 e. The number of sulfonamides is 1. The van der Waals surface area contributed by atoms with Gasteiger partial charge in [0.15, 0.2) is 6.10 Å². The first kappa shape index (κ1) is 25.5. The lowest BCUT2D eigenvalue weighted by atomic mass is 10.1. The number of rotatable bonds is 9. The lowest BCUT2D eigenvalue weighted by molar-refractivity contribution is -0.206. The molecule has 0 saturated heterocycles. The molecule has 1 N–H and O–H groups in total. The summed E-state index contributed by atoms with van der Waals surface area (Å²) < 4.78 is 77.4. The second-order valence-corrected chi connectivity index (χ2v) is 9.42. The number of benzene rings is 3. The normalized spacial score (nSPS) is 13.0. The monoisotopic (exact) mass is 495 g/mol. The van der Waals surface area contributed by atoms with Crippen LogP contribution in [0, 0.1) is 0 Å². The van der Waals surface area contributed by atoms with E-state index in [9.17, 15) is 26.7 Å². The fourth-order valence-corrected chi connectivity index (χ4v) is 4.75. The Hall–Kier alpha value is -3.08. The molecule has 0 aromatic heterocycles. The second kappa shape index (κ2) is 10.5. The zero-order chi connectivity index (χ0) is 24.9.